The average Bonchev–Trinajstić information content (AvgIpc) is 3.00. The van der Waals surface area contributed by atoms with Gasteiger partial charge in [-0.05, 0) is 37.3 Å². The first kappa shape index (κ1) is 15.2. The lowest BCUT2D eigenvalue weighted by molar-refractivity contribution is 0.00332. The molecule has 120 valence electrons. The van der Waals surface area contributed by atoms with Gasteiger partial charge in [0.05, 0.1) is 19.8 Å². The monoisotopic (exact) mass is 306 g/mol. The van der Waals surface area contributed by atoms with Gasteiger partial charge in [0.15, 0.2) is 0 Å². The van der Waals surface area contributed by atoms with E-state index in [4.69, 9.17) is 4.74 Å². The minimum absolute atomic E-state index is 0.121. The van der Waals surface area contributed by atoms with Crippen molar-refractivity contribution in [3.05, 3.63) is 22.9 Å². The second kappa shape index (κ2) is 6.22. The number of ether oxygens (including phenoxy) is 1. The van der Waals surface area contributed by atoms with E-state index in [1.165, 1.54) is 7.11 Å². The van der Waals surface area contributed by atoms with Crippen molar-refractivity contribution in [2.75, 3.05) is 26.8 Å². The van der Waals surface area contributed by atoms with Crippen LogP contribution in [-0.4, -0.2) is 58.9 Å². The van der Waals surface area contributed by atoms with Gasteiger partial charge < -0.3 is 19.8 Å². The number of aromatic nitrogens is 1. The summed E-state index contributed by atoms with van der Waals surface area (Å²) >= 11 is 0. The van der Waals surface area contributed by atoms with Crippen LogP contribution in [0.25, 0.3) is 0 Å². The summed E-state index contributed by atoms with van der Waals surface area (Å²) in [6, 6.07) is 1.90. The molecule has 0 bridgehead atoms. The Balaban J connectivity index is 1.86. The van der Waals surface area contributed by atoms with Gasteiger partial charge in [-0.15, -0.1) is 0 Å². The number of likely N-dealkylation sites (tertiary alicyclic amines) is 1. The molecular formula is C16H22N2O4. The molecule has 1 amide bonds. The van der Waals surface area contributed by atoms with E-state index in [0.29, 0.717) is 31.0 Å². The second-order valence-electron chi connectivity index (χ2n) is 6.05. The lowest BCUT2D eigenvalue weighted by atomic mass is 9.95. The van der Waals surface area contributed by atoms with E-state index in [2.05, 4.69) is 4.98 Å². The van der Waals surface area contributed by atoms with Crippen LogP contribution in [0, 0.1) is 5.92 Å². The molecule has 2 aliphatic rings. The van der Waals surface area contributed by atoms with Crippen molar-refractivity contribution in [1.29, 1.82) is 0 Å². The number of rotatable bonds is 3. The first-order valence-corrected chi connectivity index (χ1v) is 7.79. The number of methoxy groups -OCH3 is 1. The Kier molecular flexibility index (Phi) is 4.31. The normalized spacial score (nSPS) is 24.2. The van der Waals surface area contributed by atoms with Gasteiger partial charge >= 0.3 is 0 Å². The molecule has 2 N–H and O–H groups in total. The third kappa shape index (κ3) is 2.68. The van der Waals surface area contributed by atoms with Crippen LogP contribution in [0.3, 0.4) is 0 Å². The Labute approximate surface area is 129 Å². The molecule has 1 aromatic heterocycles. The number of carbonyl (C=O) groups excluding carboxylic acids is 1. The minimum Gasteiger partial charge on any atom is -0.480 e. The molecule has 1 saturated heterocycles. The van der Waals surface area contributed by atoms with Crippen LogP contribution in [0.5, 0.6) is 5.88 Å². The maximum atomic E-state index is 12.8. The van der Waals surface area contributed by atoms with E-state index < -0.39 is 6.10 Å². The third-order valence-corrected chi connectivity index (χ3v) is 4.66. The zero-order valence-electron chi connectivity index (χ0n) is 12.8. The van der Waals surface area contributed by atoms with Gasteiger partial charge in [-0.2, -0.15) is 0 Å². The van der Waals surface area contributed by atoms with E-state index in [9.17, 15) is 15.0 Å². The van der Waals surface area contributed by atoms with E-state index in [0.717, 1.165) is 30.5 Å². The van der Waals surface area contributed by atoms with Crippen LogP contribution in [0.4, 0.5) is 0 Å². The number of fused-ring (bicyclic) bond motifs is 1. The molecule has 1 aromatic rings. The van der Waals surface area contributed by atoms with Crippen molar-refractivity contribution in [3.8, 4) is 5.88 Å². The number of hydrogen-bond donors (Lipinski definition) is 2. The highest BCUT2D eigenvalue weighted by molar-refractivity contribution is 5.96. The molecule has 0 spiro atoms. The summed E-state index contributed by atoms with van der Waals surface area (Å²) in [6.45, 7) is 0.720. The largest absolute Gasteiger partial charge is 0.480 e. The van der Waals surface area contributed by atoms with Crippen LogP contribution >= 0.6 is 0 Å². The molecule has 2 heterocycles. The Hall–Kier alpha value is -1.66. The SMILES string of the molecule is COc1nc2c(cc1C(=O)N1CC[C@H](O)[C@H](CO)C1)CCC2. The van der Waals surface area contributed by atoms with Gasteiger partial charge in [0.25, 0.3) is 5.91 Å². The summed E-state index contributed by atoms with van der Waals surface area (Å²) in [7, 11) is 1.52. The highest BCUT2D eigenvalue weighted by atomic mass is 16.5. The molecule has 6 heteroatoms. The number of aliphatic hydroxyl groups is 2. The summed E-state index contributed by atoms with van der Waals surface area (Å²) in [5.41, 5.74) is 2.63. The summed E-state index contributed by atoms with van der Waals surface area (Å²) < 4.78 is 5.30. The predicted molar refractivity (Wildman–Crippen MR) is 79.9 cm³/mol. The quantitative estimate of drug-likeness (QED) is 0.844. The average molecular weight is 306 g/mol. The number of carbonyl (C=O) groups is 1. The van der Waals surface area contributed by atoms with Crippen LogP contribution in [0.1, 0.15) is 34.5 Å². The standard InChI is InChI=1S/C16H22N2O4/c1-22-15-12(7-10-3-2-4-13(10)17-15)16(21)18-6-5-14(20)11(8-18)9-19/h7,11,14,19-20H,2-6,8-9H2,1H3/t11-,14-/m0/s1. The number of hydrogen-bond acceptors (Lipinski definition) is 5. The van der Waals surface area contributed by atoms with Gasteiger partial charge in [-0.25, -0.2) is 4.98 Å². The predicted octanol–water partition coefficient (Wildman–Crippen LogP) is 0.394. The highest BCUT2D eigenvalue weighted by Gasteiger charge is 2.32. The lowest BCUT2D eigenvalue weighted by Gasteiger charge is -2.35. The number of piperidine rings is 1. The number of aliphatic hydroxyl groups excluding tert-OH is 2. The maximum Gasteiger partial charge on any atom is 0.259 e. The van der Waals surface area contributed by atoms with Crippen LogP contribution in [-0.2, 0) is 12.8 Å². The Bertz CT molecular complexity index is 576. The molecule has 1 fully saturated rings. The molecule has 0 aromatic carbocycles. The number of amides is 1. The Morgan fingerprint density at radius 2 is 2.32 bits per heavy atom. The lowest BCUT2D eigenvalue weighted by Crippen LogP contribution is -2.47. The highest BCUT2D eigenvalue weighted by Crippen LogP contribution is 2.28. The van der Waals surface area contributed by atoms with Crippen molar-refractivity contribution in [2.24, 2.45) is 5.92 Å². The molecule has 0 saturated carbocycles. The number of nitrogens with zero attached hydrogens (tertiary/aromatic N) is 2. The van der Waals surface area contributed by atoms with E-state index >= 15 is 0 Å². The van der Waals surface area contributed by atoms with Gasteiger partial charge in [-0.1, -0.05) is 0 Å². The molecule has 3 rings (SSSR count). The molecule has 1 aliphatic carbocycles. The second-order valence-corrected chi connectivity index (χ2v) is 6.05. The van der Waals surface area contributed by atoms with Crippen molar-refractivity contribution in [1.82, 2.24) is 9.88 Å². The fraction of sp³-hybridized carbons (Fsp3) is 0.625. The minimum atomic E-state index is -0.547. The summed E-state index contributed by atoms with van der Waals surface area (Å²) in [4.78, 5) is 18.9. The first-order chi connectivity index (χ1) is 10.6. The van der Waals surface area contributed by atoms with Crippen LogP contribution in [0.2, 0.25) is 0 Å². The summed E-state index contributed by atoms with van der Waals surface area (Å²) in [5, 5.41) is 19.2. The topological polar surface area (TPSA) is 82.9 Å². The van der Waals surface area contributed by atoms with Crippen molar-refractivity contribution >= 4 is 5.91 Å². The van der Waals surface area contributed by atoms with Gasteiger partial charge in [0.2, 0.25) is 5.88 Å². The van der Waals surface area contributed by atoms with Crippen LogP contribution in [0.15, 0.2) is 6.07 Å². The number of aryl methyl sites for hydroxylation is 2. The van der Waals surface area contributed by atoms with Gasteiger partial charge in [-0.3, -0.25) is 4.79 Å². The molecule has 22 heavy (non-hydrogen) atoms. The smallest absolute Gasteiger partial charge is 0.259 e. The Morgan fingerprint density at radius 3 is 3.05 bits per heavy atom. The molecule has 6 nitrogen and oxygen atoms in total. The molecule has 1 aliphatic heterocycles. The third-order valence-electron chi connectivity index (χ3n) is 4.66. The van der Waals surface area contributed by atoms with Crippen LogP contribution < -0.4 is 4.74 Å². The van der Waals surface area contributed by atoms with Crippen molar-refractivity contribution in [2.45, 2.75) is 31.8 Å². The molecule has 0 unspecified atom stereocenters. The Morgan fingerprint density at radius 1 is 1.50 bits per heavy atom. The van der Waals surface area contributed by atoms with E-state index in [1.807, 2.05) is 6.07 Å². The summed E-state index contributed by atoms with van der Waals surface area (Å²) in [6.07, 6.45) is 2.88. The van der Waals surface area contributed by atoms with E-state index in [1.54, 1.807) is 4.90 Å². The van der Waals surface area contributed by atoms with Crippen molar-refractivity contribution in [3.63, 3.8) is 0 Å². The molecule has 2 atom stereocenters. The van der Waals surface area contributed by atoms with Gasteiger partial charge in [0.1, 0.15) is 5.56 Å². The van der Waals surface area contributed by atoms with Crippen molar-refractivity contribution < 1.29 is 19.7 Å². The zero-order chi connectivity index (χ0) is 15.7. The van der Waals surface area contributed by atoms with E-state index in [-0.39, 0.29) is 18.4 Å². The fourth-order valence-electron chi connectivity index (χ4n) is 3.32. The van der Waals surface area contributed by atoms with Gasteiger partial charge in [0, 0.05) is 24.7 Å². The molecular weight excluding hydrogens is 284 g/mol. The summed E-state index contributed by atoms with van der Waals surface area (Å²) in [5.74, 6) is -0.0483. The number of pyridine rings is 1. The maximum absolute atomic E-state index is 12.8. The fourth-order valence-corrected chi connectivity index (χ4v) is 3.32. The molecule has 0 radical (unpaired) electrons. The zero-order valence-corrected chi connectivity index (χ0v) is 12.8. The first-order valence-electron chi connectivity index (χ1n) is 7.79.